The minimum atomic E-state index is -0.886. The van der Waals surface area contributed by atoms with Gasteiger partial charge in [-0.3, -0.25) is 11.3 Å². The Morgan fingerprint density at radius 2 is 1.95 bits per heavy atom. The summed E-state index contributed by atoms with van der Waals surface area (Å²) in [7, 11) is 0. The second-order valence-electron chi connectivity index (χ2n) is 3.95. The summed E-state index contributed by atoms with van der Waals surface area (Å²) in [4.78, 5) is 0. The summed E-state index contributed by atoms with van der Waals surface area (Å²) < 4.78 is 27.1. The van der Waals surface area contributed by atoms with Gasteiger partial charge in [0, 0.05) is 5.56 Å². The molecule has 0 spiro atoms. The van der Waals surface area contributed by atoms with Crippen molar-refractivity contribution in [1.82, 2.24) is 5.43 Å². The zero-order chi connectivity index (χ0) is 14.0. The fourth-order valence-corrected chi connectivity index (χ4v) is 3.33. The molecule has 3 N–H and O–H groups in total. The topological polar surface area (TPSA) is 38.0 Å². The van der Waals surface area contributed by atoms with Gasteiger partial charge < -0.3 is 0 Å². The van der Waals surface area contributed by atoms with Gasteiger partial charge in [-0.1, -0.05) is 29.3 Å². The first kappa shape index (κ1) is 14.7. The summed E-state index contributed by atoms with van der Waals surface area (Å²) in [5.74, 6) is 3.72. The van der Waals surface area contributed by atoms with E-state index in [9.17, 15) is 8.78 Å². The maximum Gasteiger partial charge on any atom is 0.159 e. The van der Waals surface area contributed by atoms with Crippen LogP contribution in [0.15, 0.2) is 24.3 Å². The van der Waals surface area contributed by atoms with Crippen LogP contribution in [0.1, 0.15) is 17.2 Å². The van der Waals surface area contributed by atoms with Crippen LogP contribution in [-0.4, -0.2) is 0 Å². The van der Waals surface area contributed by atoms with Gasteiger partial charge in [-0.25, -0.2) is 8.78 Å². The van der Waals surface area contributed by atoms with Crippen molar-refractivity contribution in [2.24, 2.45) is 5.84 Å². The van der Waals surface area contributed by atoms with Gasteiger partial charge in [-0.05, 0) is 30.2 Å². The summed E-state index contributed by atoms with van der Waals surface area (Å²) in [6, 6.07) is 5.12. The second kappa shape index (κ2) is 6.15. The Kier molecular flexibility index (Phi) is 4.76. The smallest absolute Gasteiger partial charge is 0.159 e. The second-order valence-corrected chi connectivity index (χ2v) is 6.24. The fraction of sp³-hybridized carbons (Fsp3) is 0.167. The molecular weight excluding hydrogens is 313 g/mol. The number of nitrogens with two attached hydrogens (primary N) is 1. The standard InChI is InChI=1S/C12H10Cl2F2N2S/c13-11-5-7(12(14)19-11)10(18-17)4-6-1-2-8(15)9(16)3-6/h1-3,5,10,18H,4,17H2. The van der Waals surface area contributed by atoms with Gasteiger partial charge in [0.2, 0.25) is 0 Å². The lowest BCUT2D eigenvalue weighted by molar-refractivity contribution is 0.502. The van der Waals surface area contributed by atoms with E-state index in [1.165, 1.54) is 17.4 Å². The van der Waals surface area contributed by atoms with E-state index in [0.717, 1.165) is 17.7 Å². The van der Waals surface area contributed by atoms with E-state index in [2.05, 4.69) is 5.43 Å². The van der Waals surface area contributed by atoms with Crippen LogP contribution >= 0.6 is 34.5 Å². The molecular formula is C12H10Cl2F2N2S. The van der Waals surface area contributed by atoms with Crippen molar-refractivity contribution in [2.75, 3.05) is 0 Å². The summed E-state index contributed by atoms with van der Waals surface area (Å²) >= 11 is 13.1. The largest absolute Gasteiger partial charge is 0.271 e. The zero-order valence-electron chi connectivity index (χ0n) is 9.59. The Balaban J connectivity index is 2.23. The van der Waals surface area contributed by atoms with E-state index in [4.69, 9.17) is 29.0 Å². The van der Waals surface area contributed by atoms with Crippen molar-refractivity contribution in [2.45, 2.75) is 12.5 Å². The molecule has 1 aromatic carbocycles. The van der Waals surface area contributed by atoms with Crippen molar-refractivity contribution >= 4 is 34.5 Å². The minimum Gasteiger partial charge on any atom is -0.271 e. The molecule has 7 heteroatoms. The Morgan fingerprint density at radius 1 is 1.21 bits per heavy atom. The first-order valence-corrected chi connectivity index (χ1v) is 6.93. The average molecular weight is 323 g/mol. The first-order chi connectivity index (χ1) is 9.01. The number of hydrogen-bond acceptors (Lipinski definition) is 3. The molecule has 0 radical (unpaired) electrons. The Hall–Kier alpha value is -0.720. The van der Waals surface area contributed by atoms with Crippen LogP contribution in [0.25, 0.3) is 0 Å². The third-order valence-corrected chi connectivity index (χ3v) is 4.20. The summed E-state index contributed by atoms with van der Waals surface area (Å²) in [5.41, 5.74) is 3.95. The van der Waals surface area contributed by atoms with E-state index < -0.39 is 11.6 Å². The van der Waals surface area contributed by atoms with Gasteiger partial charge in [0.05, 0.1) is 14.7 Å². The number of hydrogen-bond donors (Lipinski definition) is 2. The molecule has 1 atom stereocenters. The highest BCUT2D eigenvalue weighted by molar-refractivity contribution is 7.20. The van der Waals surface area contributed by atoms with Crippen molar-refractivity contribution in [1.29, 1.82) is 0 Å². The molecule has 0 amide bonds. The molecule has 2 rings (SSSR count). The van der Waals surface area contributed by atoms with Gasteiger partial charge in [0.1, 0.15) is 0 Å². The molecule has 1 unspecified atom stereocenters. The van der Waals surface area contributed by atoms with Crippen molar-refractivity contribution in [3.05, 3.63) is 55.7 Å². The van der Waals surface area contributed by atoms with E-state index in [1.807, 2.05) is 0 Å². The molecule has 19 heavy (non-hydrogen) atoms. The van der Waals surface area contributed by atoms with Crippen LogP contribution in [0.2, 0.25) is 8.67 Å². The molecule has 0 bridgehead atoms. The number of thiophene rings is 1. The molecule has 1 aromatic heterocycles. The maximum atomic E-state index is 13.1. The Morgan fingerprint density at radius 3 is 2.47 bits per heavy atom. The third-order valence-electron chi connectivity index (χ3n) is 2.68. The van der Waals surface area contributed by atoms with Crippen LogP contribution in [-0.2, 0) is 6.42 Å². The molecule has 0 saturated carbocycles. The van der Waals surface area contributed by atoms with Crippen LogP contribution < -0.4 is 11.3 Å². The van der Waals surface area contributed by atoms with E-state index in [-0.39, 0.29) is 6.04 Å². The molecule has 1 heterocycles. The highest BCUT2D eigenvalue weighted by atomic mass is 35.5. The molecule has 0 fully saturated rings. The number of hydrazine groups is 1. The molecule has 2 nitrogen and oxygen atoms in total. The summed E-state index contributed by atoms with van der Waals surface area (Å²) in [5, 5.41) is 0. The Labute approximate surface area is 123 Å². The van der Waals surface area contributed by atoms with E-state index in [1.54, 1.807) is 6.07 Å². The number of nitrogens with one attached hydrogen (secondary N) is 1. The summed E-state index contributed by atoms with van der Waals surface area (Å²) in [6.45, 7) is 0. The lowest BCUT2D eigenvalue weighted by atomic mass is 10.0. The molecule has 102 valence electrons. The van der Waals surface area contributed by atoms with Crippen LogP contribution in [0.3, 0.4) is 0 Å². The molecule has 0 saturated heterocycles. The molecule has 0 aliphatic heterocycles. The lowest BCUT2D eigenvalue weighted by Gasteiger charge is -2.15. The third kappa shape index (κ3) is 3.43. The first-order valence-electron chi connectivity index (χ1n) is 5.36. The van der Waals surface area contributed by atoms with Gasteiger partial charge in [-0.2, -0.15) is 0 Å². The molecule has 0 aliphatic carbocycles. The lowest BCUT2D eigenvalue weighted by Crippen LogP contribution is -2.29. The van der Waals surface area contributed by atoms with Gasteiger partial charge in [0.15, 0.2) is 11.6 Å². The highest BCUT2D eigenvalue weighted by Gasteiger charge is 2.17. The quantitative estimate of drug-likeness (QED) is 0.657. The van der Waals surface area contributed by atoms with Crippen molar-refractivity contribution in [3.8, 4) is 0 Å². The number of rotatable bonds is 4. The van der Waals surface area contributed by atoms with E-state index in [0.29, 0.717) is 20.7 Å². The fourth-order valence-electron chi connectivity index (χ4n) is 1.75. The monoisotopic (exact) mass is 322 g/mol. The predicted molar refractivity (Wildman–Crippen MR) is 74.5 cm³/mol. The SMILES string of the molecule is NNC(Cc1ccc(F)c(F)c1)c1cc(Cl)sc1Cl. The molecule has 0 aliphatic rings. The van der Waals surface area contributed by atoms with Crippen molar-refractivity contribution in [3.63, 3.8) is 0 Å². The predicted octanol–water partition coefficient (Wildman–Crippen LogP) is 4.08. The minimum absolute atomic E-state index is 0.318. The van der Waals surface area contributed by atoms with Gasteiger partial charge >= 0.3 is 0 Å². The van der Waals surface area contributed by atoms with Crippen LogP contribution in [0.5, 0.6) is 0 Å². The number of benzene rings is 1. The van der Waals surface area contributed by atoms with Gasteiger partial charge in [0.25, 0.3) is 0 Å². The number of halogens is 4. The van der Waals surface area contributed by atoms with E-state index >= 15 is 0 Å². The van der Waals surface area contributed by atoms with Crippen molar-refractivity contribution < 1.29 is 8.78 Å². The average Bonchev–Trinajstić information content (AvgIpc) is 2.70. The maximum absolute atomic E-state index is 13.1. The van der Waals surface area contributed by atoms with Crippen LogP contribution in [0.4, 0.5) is 8.78 Å². The van der Waals surface area contributed by atoms with Crippen LogP contribution in [0, 0.1) is 11.6 Å². The normalized spacial score (nSPS) is 12.7. The molecule has 2 aromatic rings. The Bertz CT molecular complexity index is 589. The zero-order valence-corrected chi connectivity index (χ0v) is 11.9. The highest BCUT2D eigenvalue weighted by Crippen LogP contribution is 2.35. The van der Waals surface area contributed by atoms with Gasteiger partial charge in [-0.15, -0.1) is 11.3 Å². The summed E-state index contributed by atoms with van der Waals surface area (Å²) in [6.07, 6.45) is 0.375.